The number of carboxylic acid groups (broad SMARTS) is 1. The summed E-state index contributed by atoms with van der Waals surface area (Å²) < 4.78 is 47.8. The molecule has 1 saturated heterocycles. The molecule has 1 aromatic rings. The average Bonchev–Trinajstić information content (AvgIpc) is 2.87. The maximum absolute atomic E-state index is 13.3. The van der Waals surface area contributed by atoms with Gasteiger partial charge >= 0.3 is 12.1 Å². The lowest BCUT2D eigenvalue weighted by Gasteiger charge is -2.30. The summed E-state index contributed by atoms with van der Waals surface area (Å²) in [6, 6.07) is 3.26. The summed E-state index contributed by atoms with van der Waals surface area (Å²) in [5, 5.41) is 10.4. The van der Waals surface area contributed by atoms with Crippen molar-refractivity contribution in [2.24, 2.45) is 0 Å². The number of nitrogens with one attached hydrogen (secondary N) is 1. The molecule has 0 unspecified atom stereocenters. The molecule has 0 radical (unpaired) electrons. The fourth-order valence-electron chi connectivity index (χ4n) is 3.37. The van der Waals surface area contributed by atoms with Crippen LogP contribution in [0.3, 0.4) is 0 Å². The van der Waals surface area contributed by atoms with E-state index in [1.165, 1.54) is 21.3 Å². The minimum absolute atomic E-state index is 0.0243. The van der Waals surface area contributed by atoms with Gasteiger partial charge in [0.15, 0.2) is 11.5 Å². The second-order valence-electron chi connectivity index (χ2n) is 7.78. The Kier molecular flexibility index (Phi) is 12.9. The maximum Gasteiger partial charge on any atom is 0.490 e. The van der Waals surface area contributed by atoms with E-state index in [0.717, 1.165) is 32.4 Å². The molecule has 0 saturated carbocycles. The number of carbonyl (C=O) groups excluding carboxylic acids is 2. The molecule has 0 bridgehead atoms. The zero-order valence-electron chi connectivity index (χ0n) is 20.9. The lowest BCUT2D eigenvalue weighted by molar-refractivity contribution is -0.192. The Bertz CT molecular complexity index is 850. The second-order valence-corrected chi connectivity index (χ2v) is 7.78. The lowest BCUT2D eigenvalue weighted by atomic mass is 10.1. The first-order chi connectivity index (χ1) is 17.0. The number of amides is 2. The number of piperazine rings is 1. The molecule has 1 aliphatic rings. The number of alkyl halides is 3. The molecule has 13 heteroatoms. The van der Waals surface area contributed by atoms with Crippen molar-refractivity contribution >= 4 is 17.8 Å². The molecule has 1 fully saturated rings. The van der Waals surface area contributed by atoms with Crippen molar-refractivity contribution in [2.45, 2.75) is 32.4 Å². The van der Waals surface area contributed by atoms with Crippen LogP contribution in [0.15, 0.2) is 12.1 Å². The van der Waals surface area contributed by atoms with Crippen molar-refractivity contribution in [1.82, 2.24) is 15.1 Å². The van der Waals surface area contributed by atoms with Crippen LogP contribution < -0.4 is 19.5 Å². The lowest BCUT2D eigenvalue weighted by Crippen LogP contribution is -2.50. The minimum Gasteiger partial charge on any atom is -0.493 e. The number of ether oxygens (including phenoxy) is 3. The molecular formula is C23H34F3N3O7. The van der Waals surface area contributed by atoms with E-state index in [9.17, 15) is 22.8 Å². The van der Waals surface area contributed by atoms with E-state index < -0.39 is 12.1 Å². The predicted molar refractivity (Wildman–Crippen MR) is 125 cm³/mol. The third kappa shape index (κ3) is 9.44. The number of halogens is 3. The van der Waals surface area contributed by atoms with Gasteiger partial charge in [-0.25, -0.2) is 4.79 Å². The third-order valence-corrected chi connectivity index (χ3v) is 5.27. The van der Waals surface area contributed by atoms with Gasteiger partial charge in [0, 0.05) is 38.3 Å². The SMILES string of the molecule is CCCCCN(CC(=O)N1CCNCC1)C(=O)c1cc(OC)c(OC)c(OC)c1.O=C(O)C(F)(F)F. The quantitative estimate of drug-likeness (QED) is 0.451. The van der Waals surface area contributed by atoms with Crippen LogP contribution in [-0.4, -0.2) is 99.5 Å². The number of hydrogen-bond acceptors (Lipinski definition) is 7. The smallest absolute Gasteiger partial charge is 0.490 e. The van der Waals surface area contributed by atoms with E-state index in [-0.39, 0.29) is 18.4 Å². The molecule has 0 aliphatic carbocycles. The van der Waals surface area contributed by atoms with Crippen molar-refractivity contribution in [3.8, 4) is 17.2 Å². The summed E-state index contributed by atoms with van der Waals surface area (Å²) >= 11 is 0. The topological polar surface area (TPSA) is 118 Å². The molecule has 1 heterocycles. The van der Waals surface area contributed by atoms with Crippen LogP contribution in [0.1, 0.15) is 36.5 Å². The largest absolute Gasteiger partial charge is 0.493 e. The first-order valence-corrected chi connectivity index (χ1v) is 11.4. The molecule has 2 amide bonds. The number of carboxylic acids is 1. The standard InChI is InChI=1S/C21H33N3O5.C2HF3O2/c1-5-6-7-10-24(15-19(25)23-11-8-22-9-12-23)21(26)16-13-17(27-2)20(29-4)18(14-16)28-3;3-2(4,5)1(6)7/h13-14,22H,5-12,15H2,1-4H3;(H,6,7). The molecule has 10 nitrogen and oxygen atoms in total. The highest BCUT2D eigenvalue weighted by Crippen LogP contribution is 2.38. The van der Waals surface area contributed by atoms with Gasteiger partial charge in [-0.2, -0.15) is 13.2 Å². The Morgan fingerprint density at radius 3 is 1.97 bits per heavy atom. The van der Waals surface area contributed by atoms with Gasteiger partial charge in [-0.05, 0) is 18.6 Å². The summed E-state index contributed by atoms with van der Waals surface area (Å²) in [6.45, 7) is 5.60. The fourth-order valence-corrected chi connectivity index (χ4v) is 3.37. The van der Waals surface area contributed by atoms with E-state index in [2.05, 4.69) is 12.2 Å². The summed E-state index contributed by atoms with van der Waals surface area (Å²) in [4.78, 5) is 38.4. The Hall–Kier alpha value is -3.22. The van der Waals surface area contributed by atoms with Crippen LogP contribution in [0, 0.1) is 0 Å². The molecule has 0 atom stereocenters. The minimum atomic E-state index is -5.08. The molecule has 0 spiro atoms. The van der Waals surface area contributed by atoms with Crippen LogP contribution in [0.4, 0.5) is 13.2 Å². The van der Waals surface area contributed by atoms with E-state index in [1.54, 1.807) is 17.0 Å². The van der Waals surface area contributed by atoms with E-state index in [4.69, 9.17) is 24.1 Å². The fraction of sp³-hybridized carbons (Fsp3) is 0.609. The van der Waals surface area contributed by atoms with E-state index in [0.29, 0.717) is 42.4 Å². The van der Waals surface area contributed by atoms with Crippen LogP contribution in [-0.2, 0) is 9.59 Å². The van der Waals surface area contributed by atoms with Gasteiger partial charge in [0.1, 0.15) is 6.54 Å². The van der Waals surface area contributed by atoms with Gasteiger partial charge in [0.2, 0.25) is 11.7 Å². The molecule has 36 heavy (non-hydrogen) atoms. The number of methoxy groups -OCH3 is 3. The van der Waals surface area contributed by atoms with Gasteiger partial charge in [-0.1, -0.05) is 19.8 Å². The predicted octanol–water partition coefficient (Wildman–Crippen LogP) is 2.41. The van der Waals surface area contributed by atoms with Crippen molar-refractivity contribution in [3.63, 3.8) is 0 Å². The number of rotatable bonds is 10. The Labute approximate surface area is 208 Å². The number of unbranched alkanes of at least 4 members (excludes halogenated alkanes) is 2. The van der Waals surface area contributed by atoms with E-state index in [1.807, 2.05) is 4.90 Å². The van der Waals surface area contributed by atoms with Gasteiger partial charge in [0.05, 0.1) is 21.3 Å². The number of nitrogens with zero attached hydrogens (tertiary/aromatic N) is 2. The normalized spacial score (nSPS) is 13.2. The van der Waals surface area contributed by atoms with Crippen LogP contribution >= 0.6 is 0 Å². The van der Waals surface area contributed by atoms with Gasteiger partial charge in [-0.15, -0.1) is 0 Å². The second kappa shape index (κ2) is 15.0. The monoisotopic (exact) mass is 521 g/mol. The van der Waals surface area contributed by atoms with Crippen molar-refractivity contribution in [3.05, 3.63) is 17.7 Å². The highest BCUT2D eigenvalue weighted by Gasteiger charge is 2.38. The highest BCUT2D eigenvalue weighted by molar-refractivity contribution is 5.97. The van der Waals surface area contributed by atoms with Crippen LogP contribution in [0.25, 0.3) is 0 Å². The first-order valence-electron chi connectivity index (χ1n) is 11.4. The van der Waals surface area contributed by atoms with Gasteiger partial charge in [-0.3, -0.25) is 9.59 Å². The number of benzene rings is 1. The molecule has 1 aliphatic heterocycles. The summed E-state index contributed by atoms with van der Waals surface area (Å²) in [5.41, 5.74) is 0.407. The number of carbonyl (C=O) groups is 3. The summed E-state index contributed by atoms with van der Waals surface area (Å²) in [6.07, 6.45) is -2.19. The molecule has 0 aromatic heterocycles. The van der Waals surface area contributed by atoms with Crippen molar-refractivity contribution < 1.29 is 46.9 Å². The van der Waals surface area contributed by atoms with Crippen LogP contribution in [0.2, 0.25) is 0 Å². The number of hydrogen-bond donors (Lipinski definition) is 2. The zero-order valence-corrected chi connectivity index (χ0v) is 20.9. The average molecular weight is 522 g/mol. The van der Waals surface area contributed by atoms with Gasteiger partial charge in [0.25, 0.3) is 5.91 Å². The van der Waals surface area contributed by atoms with E-state index >= 15 is 0 Å². The molecule has 2 N–H and O–H groups in total. The zero-order chi connectivity index (χ0) is 27.3. The molecule has 204 valence electrons. The molecule has 1 aromatic carbocycles. The van der Waals surface area contributed by atoms with Crippen molar-refractivity contribution in [1.29, 1.82) is 0 Å². The van der Waals surface area contributed by atoms with Gasteiger partial charge < -0.3 is 34.4 Å². The number of aliphatic carboxylic acids is 1. The Morgan fingerprint density at radius 2 is 1.56 bits per heavy atom. The summed E-state index contributed by atoms with van der Waals surface area (Å²) in [7, 11) is 4.54. The Morgan fingerprint density at radius 1 is 1.03 bits per heavy atom. The van der Waals surface area contributed by atoms with Crippen LogP contribution in [0.5, 0.6) is 17.2 Å². The molecular weight excluding hydrogens is 487 g/mol. The van der Waals surface area contributed by atoms with Crippen molar-refractivity contribution in [2.75, 3.05) is 60.6 Å². The highest BCUT2D eigenvalue weighted by atomic mass is 19.4. The summed E-state index contributed by atoms with van der Waals surface area (Å²) in [5.74, 6) is -1.74. The Balaban J connectivity index is 0.000000809. The first kappa shape index (κ1) is 30.8. The third-order valence-electron chi connectivity index (χ3n) is 5.27. The molecule has 2 rings (SSSR count). The maximum atomic E-state index is 13.3.